The molecule has 3 N–H and O–H groups in total. The highest BCUT2D eigenvalue weighted by molar-refractivity contribution is 7.80. The summed E-state index contributed by atoms with van der Waals surface area (Å²) in [6, 6.07) is 8.91. The second kappa shape index (κ2) is 5.90. The molecule has 0 radical (unpaired) electrons. The highest BCUT2D eigenvalue weighted by atomic mass is 32.1. The van der Waals surface area contributed by atoms with Crippen LogP contribution in [0.3, 0.4) is 0 Å². The fourth-order valence-corrected chi connectivity index (χ4v) is 2.25. The molecule has 1 unspecified atom stereocenters. The first-order chi connectivity index (χ1) is 8.63. The van der Waals surface area contributed by atoms with Gasteiger partial charge >= 0.3 is 0 Å². The van der Waals surface area contributed by atoms with Gasteiger partial charge in [-0.3, -0.25) is 0 Å². The van der Waals surface area contributed by atoms with Gasteiger partial charge in [-0.2, -0.15) is 0 Å². The highest BCUT2D eigenvalue weighted by Crippen LogP contribution is 2.27. The zero-order valence-corrected chi connectivity index (χ0v) is 10.5. The van der Waals surface area contributed by atoms with Gasteiger partial charge in [0, 0.05) is 0 Å². The summed E-state index contributed by atoms with van der Waals surface area (Å²) >= 11 is 4.17. The summed E-state index contributed by atoms with van der Waals surface area (Å²) < 4.78 is 10.8. The zero-order valence-electron chi connectivity index (χ0n) is 9.59. The van der Waals surface area contributed by atoms with E-state index in [0.29, 0.717) is 5.75 Å². The highest BCUT2D eigenvalue weighted by Gasteiger charge is 2.44. The van der Waals surface area contributed by atoms with Crippen LogP contribution in [0.15, 0.2) is 30.3 Å². The summed E-state index contributed by atoms with van der Waals surface area (Å²) in [5, 5.41) is 28.7. The standard InChI is InChI=1S/C12H16O5S/c13-6-8-9(14)10(15)11(12(18)17-8)16-7-4-2-1-3-5-7/h1-5,8-15,18H,6H2/t8-,9-,10+,11+,12?/m1/s1. The zero-order chi connectivity index (χ0) is 13.1. The number of aliphatic hydroxyl groups excluding tert-OH is 3. The fourth-order valence-electron chi connectivity index (χ4n) is 1.86. The van der Waals surface area contributed by atoms with Crippen molar-refractivity contribution >= 4 is 12.6 Å². The van der Waals surface area contributed by atoms with Gasteiger partial charge in [0.05, 0.1) is 6.61 Å². The minimum Gasteiger partial charge on any atom is -0.484 e. The van der Waals surface area contributed by atoms with Crippen molar-refractivity contribution < 1.29 is 24.8 Å². The van der Waals surface area contributed by atoms with Gasteiger partial charge < -0.3 is 24.8 Å². The first-order valence-electron chi connectivity index (χ1n) is 5.65. The van der Waals surface area contributed by atoms with Gasteiger partial charge in [0.15, 0.2) is 6.10 Å². The molecule has 0 amide bonds. The van der Waals surface area contributed by atoms with Crippen molar-refractivity contribution in [2.24, 2.45) is 0 Å². The summed E-state index contributed by atoms with van der Waals surface area (Å²) in [5.74, 6) is 0.554. The van der Waals surface area contributed by atoms with Crippen LogP contribution in [-0.2, 0) is 4.74 Å². The molecule has 0 aromatic heterocycles. The molecule has 0 aliphatic carbocycles. The van der Waals surface area contributed by atoms with Crippen molar-refractivity contribution in [2.45, 2.75) is 29.9 Å². The van der Waals surface area contributed by atoms with Crippen LogP contribution < -0.4 is 4.74 Å². The Balaban J connectivity index is 2.08. The lowest BCUT2D eigenvalue weighted by Crippen LogP contribution is -2.58. The Morgan fingerprint density at radius 1 is 1.17 bits per heavy atom. The largest absolute Gasteiger partial charge is 0.484 e. The molecule has 1 fully saturated rings. The minimum atomic E-state index is -1.20. The predicted octanol–water partition coefficient (Wildman–Crippen LogP) is -0.197. The second-order valence-electron chi connectivity index (χ2n) is 4.12. The van der Waals surface area contributed by atoms with E-state index in [4.69, 9.17) is 14.6 Å². The predicted molar refractivity (Wildman–Crippen MR) is 67.6 cm³/mol. The molecule has 5 atom stereocenters. The number of hydrogen-bond donors (Lipinski definition) is 4. The molecule has 1 heterocycles. The maximum absolute atomic E-state index is 9.96. The van der Waals surface area contributed by atoms with Crippen LogP contribution in [0.2, 0.25) is 0 Å². The van der Waals surface area contributed by atoms with Crippen LogP contribution in [0.25, 0.3) is 0 Å². The van der Waals surface area contributed by atoms with E-state index in [1.54, 1.807) is 24.3 Å². The molecule has 1 aromatic rings. The van der Waals surface area contributed by atoms with Crippen LogP contribution >= 0.6 is 12.6 Å². The number of thiol groups is 1. The SMILES string of the molecule is OC[C@H]1OC(S)[C@@H](Oc2ccccc2)[C@@H](O)[C@@H]1O. The Kier molecular flexibility index (Phi) is 4.47. The van der Waals surface area contributed by atoms with Gasteiger partial charge in [0.2, 0.25) is 0 Å². The molecular weight excluding hydrogens is 256 g/mol. The molecule has 1 aliphatic heterocycles. The van der Waals surface area contributed by atoms with E-state index >= 15 is 0 Å². The Morgan fingerprint density at radius 2 is 1.83 bits per heavy atom. The molecule has 0 bridgehead atoms. The van der Waals surface area contributed by atoms with E-state index < -0.39 is 29.9 Å². The molecule has 100 valence electrons. The Bertz CT molecular complexity index is 374. The number of para-hydroxylation sites is 1. The number of ether oxygens (including phenoxy) is 2. The van der Waals surface area contributed by atoms with Crippen molar-refractivity contribution in [3.63, 3.8) is 0 Å². The van der Waals surface area contributed by atoms with Gasteiger partial charge in [0.1, 0.15) is 29.5 Å². The van der Waals surface area contributed by atoms with Gasteiger partial charge in [-0.1, -0.05) is 18.2 Å². The average Bonchev–Trinajstić information content (AvgIpc) is 2.40. The number of hydrogen-bond acceptors (Lipinski definition) is 6. The lowest BCUT2D eigenvalue weighted by molar-refractivity contribution is -0.198. The first kappa shape index (κ1) is 13.6. The third-order valence-electron chi connectivity index (χ3n) is 2.86. The number of aliphatic hydroxyl groups is 3. The minimum absolute atomic E-state index is 0.382. The van der Waals surface area contributed by atoms with Crippen molar-refractivity contribution in [1.29, 1.82) is 0 Å². The van der Waals surface area contributed by atoms with E-state index in [1.165, 1.54) is 0 Å². The molecule has 0 saturated carbocycles. The van der Waals surface area contributed by atoms with Crippen molar-refractivity contribution in [3.05, 3.63) is 30.3 Å². The van der Waals surface area contributed by atoms with Crippen molar-refractivity contribution in [2.75, 3.05) is 6.61 Å². The summed E-state index contributed by atoms with van der Waals surface area (Å²) in [6.45, 7) is -0.382. The maximum atomic E-state index is 9.96. The van der Waals surface area contributed by atoms with E-state index in [1.807, 2.05) is 6.07 Å². The third-order valence-corrected chi connectivity index (χ3v) is 3.27. The number of rotatable bonds is 3. The monoisotopic (exact) mass is 272 g/mol. The van der Waals surface area contributed by atoms with Crippen LogP contribution in [0.1, 0.15) is 0 Å². The van der Waals surface area contributed by atoms with Crippen molar-refractivity contribution in [3.8, 4) is 5.75 Å². The molecule has 6 heteroatoms. The Hall–Kier alpha value is -0.790. The molecule has 1 saturated heterocycles. The molecule has 5 nitrogen and oxygen atoms in total. The summed E-state index contributed by atoms with van der Waals surface area (Å²) in [5.41, 5.74) is -0.722. The lowest BCUT2D eigenvalue weighted by Gasteiger charge is -2.40. The van der Waals surface area contributed by atoms with Gasteiger partial charge in [-0.05, 0) is 12.1 Å². The maximum Gasteiger partial charge on any atom is 0.162 e. The number of benzene rings is 1. The topological polar surface area (TPSA) is 79.2 Å². The van der Waals surface area contributed by atoms with E-state index in [9.17, 15) is 10.2 Å². The molecule has 0 spiro atoms. The van der Waals surface area contributed by atoms with Crippen LogP contribution in [0.4, 0.5) is 0 Å². The second-order valence-corrected chi connectivity index (χ2v) is 4.63. The average molecular weight is 272 g/mol. The van der Waals surface area contributed by atoms with E-state index in [-0.39, 0.29) is 6.61 Å². The van der Waals surface area contributed by atoms with Gasteiger partial charge in [-0.15, -0.1) is 12.6 Å². The molecule has 1 aromatic carbocycles. The molecule has 1 aliphatic rings. The fraction of sp³-hybridized carbons (Fsp3) is 0.500. The third kappa shape index (κ3) is 2.78. The molecule has 18 heavy (non-hydrogen) atoms. The van der Waals surface area contributed by atoms with Gasteiger partial charge in [-0.25, -0.2) is 0 Å². The quantitative estimate of drug-likeness (QED) is 0.573. The summed E-state index contributed by atoms with van der Waals surface area (Å²) in [7, 11) is 0. The van der Waals surface area contributed by atoms with Crippen LogP contribution in [0, 0.1) is 0 Å². The van der Waals surface area contributed by atoms with Crippen LogP contribution in [0.5, 0.6) is 5.75 Å². The van der Waals surface area contributed by atoms with Crippen molar-refractivity contribution in [1.82, 2.24) is 0 Å². The van der Waals surface area contributed by atoms with Crippen LogP contribution in [-0.4, -0.2) is 51.8 Å². The van der Waals surface area contributed by atoms with Gasteiger partial charge in [0.25, 0.3) is 0 Å². The lowest BCUT2D eigenvalue weighted by atomic mass is 10.00. The Morgan fingerprint density at radius 3 is 2.44 bits per heavy atom. The molecular formula is C12H16O5S. The normalized spacial score (nSPS) is 36.3. The molecule has 2 rings (SSSR count). The summed E-state index contributed by atoms with van der Waals surface area (Å²) in [4.78, 5) is 0. The smallest absolute Gasteiger partial charge is 0.162 e. The first-order valence-corrected chi connectivity index (χ1v) is 6.17. The Labute approximate surface area is 110 Å². The summed E-state index contributed by atoms with van der Waals surface area (Å²) in [6.07, 6.45) is -4.02. The van der Waals surface area contributed by atoms with E-state index in [0.717, 1.165) is 0 Å². The van der Waals surface area contributed by atoms with E-state index in [2.05, 4.69) is 12.6 Å².